The fourth-order valence-electron chi connectivity index (χ4n) is 4.14. The molecule has 0 aliphatic carbocycles. The first-order valence-electron chi connectivity index (χ1n) is 9.01. The minimum atomic E-state index is 0.322. The summed E-state index contributed by atoms with van der Waals surface area (Å²) in [5, 5.41) is 0.595. The average molecular weight is 430 g/mol. The van der Waals surface area contributed by atoms with E-state index >= 15 is 0 Å². The molecule has 26 heavy (non-hydrogen) atoms. The van der Waals surface area contributed by atoms with Crippen molar-refractivity contribution in [3.8, 4) is 16.9 Å². The van der Waals surface area contributed by atoms with E-state index in [-0.39, 0.29) is 0 Å². The first-order valence-corrected chi connectivity index (χ1v) is 10.6. The third kappa shape index (κ3) is 3.00. The van der Waals surface area contributed by atoms with E-state index in [1.807, 2.05) is 0 Å². The Morgan fingerprint density at radius 1 is 1.15 bits per heavy atom. The van der Waals surface area contributed by atoms with Crippen molar-refractivity contribution in [3.63, 3.8) is 0 Å². The topological polar surface area (TPSA) is 51.4 Å². The Morgan fingerprint density at radius 3 is 2.77 bits per heavy atom. The first-order chi connectivity index (χ1) is 12.7. The molecule has 0 saturated carbocycles. The Morgan fingerprint density at radius 2 is 2.00 bits per heavy atom. The number of piperidine rings is 3. The fraction of sp³-hybridized carbons (Fsp3) is 0.350. The molecule has 134 valence electrons. The smallest absolute Gasteiger partial charge is 0.181 e. The maximum absolute atomic E-state index is 6.39. The number of fused-ring (bicyclic) bond motifs is 4. The monoisotopic (exact) mass is 429 g/mol. The molecule has 2 aromatic carbocycles. The van der Waals surface area contributed by atoms with Gasteiger partial charge in [-0.15, -0.1) is 0 Å². The van der Waals surface area contributed by atoms with Gasteiger partial charge in [0.15, 0.2) is 5.13 Å². The maximum Gasteiger partial charge on any atom is 0.181 e. The predicted molar refractivity (Wildman–Crippen MR) is 111 cm³/mol. The van der Waals surface area contributed by atoms with Crippen LogP contribution < -0.4 is 10.5 Å². The Labute approximate surface area is 165 Å². The lowest BCUT2D eigenvalue weighted by molar-refractivity contribution is -0.00773. The highest BCUT2D eigenvalue weighted by atomic mass is 79.9. The lowest BCUT2D eigenvalue weighted by Crippen LogP contribution is -2.52. The summed E-state index contributed by atoms with van der Waals surface area (Å²) in [6.07, 6.45) is 2.85. The zero-order chi connectivity index (χ0) is 17.7. The third-order valence-electron chi connectivity index (χ3n) is 5.52. The van der Waals surface area contributed by atoms with Gasteiger partial charge in [0.1, 0.15) is 11.9 Å². The van der Waals surface area contributed by atoms with Crippen LogP contribution in [0.25, 0.3) is 21.3 Å². The number of nitrogen functional groups attached to an aromatic ring is 1. The SMILES string of the molecule is Nc1nc2c(Br)cc(-c3cccc(O[C@H]4CN5CCC4CC5)c3)cc2s1. The maximum atomic E-state index is 6.39. The van der Waals surface area contributed by atoms with Crippen molar-refractivity contribution < 1.29 is 4.74 Å². The largest absolute Gasteiger partial charge is 0.489 e. The first kappa shape index (κ1) is 16.5. The Bertz CT molecular complexity index is 965. The molecule has 3 aliphatic rings. The van der Waals surface area contributed by atoms with Crippen LogP contribution in [-0.2, 0) is 0 Å². The van der Waals surface area contributed by atoms with E-state index in [1.54, 1.807) is 0 Å². The molecule has 1 atom stereocenters. The summed E-state index contributed by atoms with van der Waals surface area (Å²) in [7, 11) is 0. The van der Waals surface area contributed by atoms with Gasteiger partial charge < -0.3 is 10.5 Å². The summed E-state index contributed by atoms with van der Waals surface area (Å²) >= 11 is 5.15. The summed E-state index contributed by atoms with van der Waals surface area (Å²) in [6, 6.07) is 12.7. The molecule has 1 aromatic heterocycles. The summed E-state index contributed by atoms with van der Waals surface area (Å²) in [5.41, 5.74) is 9.09. The second-order valence-electron chi connectivity index (χ2n) is 7.18. The molecule has 0 unspecified atom stereocenters. The van der Waals surface area contributed by atoms with Crippen LogP contribution in [0.5, 0.6) is 5.75 Å². The van der Waals surface area contributed by atoms with E-state index in [0.29, 0.717) is 17.2 Å². The molecule has 3 aromatic rings. The molecule has 3 aliphatic heterocycles. The summed E-state index contributed by atoms with van der Waals surface area (Å²) in [6.45, 7) is 3.53. The minimum absolute atomic E-state index is 0.322. The molecular weight excluding hydrogens is 410 g/mol. The molecule has 3 fully saturated rings. The van der Waals surface area contributed by atoms with Gasteiger partial charge in [-0.2, -0.15) is 0 Å². The second-order valence-corrected chi connectivity index (χ2v) is 9.10. The van der Waals surface area contributed by atoms with Gasteiger partial charge in [0.25, 0.3) is 0 Å². The van der Waals surface area contributed by atoms with Crippen LogP contribution in [0.2, 0.25) is 0 Å². The van der Waals surface area contributed by atoms with Crippen molar-refractivity contribution in [1.29, 1.82) is 0 Å². The Kier molecular flexibility index (Phi) is 4.14. The van der Waals surface area contributed by atoms with Crippen LogP contribution in [0.15, 0.2) is 40.9 Å². The van der Waals surface area contributed by atoms with Crippen LogP contribution in [0, 0.1) is 5.92 Å². The van der Waals surface area contributed by atoms with E-state index in [1.165, 1.54) is 37.3 Å². The van der Waals surface area contributed by atoms with Crippen LogP contribution in [0.4, 0.5) is 5.13 Å². The number of ether oxygens (including phenoxy) is 1. The summed E-state index contributed by atoms with van der Waals surface area (Å²) in [4.78, 5) is 6.91. The highest BCUT2D eigenvalue weighted by Gasteiger charge is 2.35. The van der Waals surface area contributed by atoms with E-state index in [2.05, 4.69) is 62.2 Å². The van der Waals surface area contributed by atoms with Gasteiger partial charge in [-0.25, -0.2) is 4.98 Å². The molecule has 6 rings (SSSR count). The van der Waals surface area contributed by atoms with E-state index in [0.717, 1.165) is 38.1 Å². The normalized spacial score (nSPS) is 24.9. The lowest BCUT2D eigenvalue weighted by atomic mass is 9.86. The number of nitrogens with two attached hydrogens (primary N) is 1. The van der Waals surface area contributed by atoms with Crippen molar-refractivity contribution in [2.45, 2.75) is 18.9 Å². The quantitative estimate of drug-likeness (QED) is 0.650. The number of nitrogens with zero attached hydrogens (tertiary/aromatic N) is 2. The molecular formula is C20H20BrN3OS. The molecule has 4 heterocycles. The molecule has 0 radical (unpaired) electrons. The van der Waals surface area contributed by atoms with Crippen LogP contribution in [-0.4, -0.2) is 35.6 Å². The number of anilines is 1. The van der Waals surface area contributed by atoms with Crippen LogP contribution in [0.3, 0.4) is 0 Å². The van der Waals surface area contributed by atoms with Gasteiger partial charge in [-0.3, -0.25) is 4.90 Å². The van der Waals surface area contributed by atoms with Crippen molar-refractivity contribution in [3.05, 3.63) is 40.9 Å². The van der Waals surface area contributed by atoms with Gasteiger partial charge >= 0.3 is 0 Å². The third-order valence-corrected chi connectivity index (χ3v) is 6.95. The Hall–Kier alpha value is -1.63. The zero-order valence-electron chi connectivity index (χ0n) is 14.3. The van der Waals surface area contributed by atoms with E-state index < -0.39 is 0 Å². The van der Waals surface area contributed by atoms with Crippen molar-refractivity contribution >= 4 is 42.6 Å². The predicted octanol–water partition coefficient (Wildman–Crippen LogP) is 4.78. The minimum Gasteiger partial charge on any atom is -0.489 e. The van der Waals surface area contributed by atoms with Gasteiger partial charge in [-0.05, 0) is 83.2 Å². The van der Waals surface area contributed by atoms with Crippen LogP contribution in [0.1, 0.15) is 12.8 Å². The number of thiazole rings is 1. The molecule has 0 amide bonds. The van der Waals surface area contributed by atoms with Gasteiger partial charge in [0.05, 0.1) is 10.2 Å². The van der Waals surface area contributed by atoms with Crippen molar-refractivity contribution in [1.82, 2.24) is 9.88 Å². The molecule has 2 bridgehead atoms. The molecule has 2 N–H and O–H groups in total. The van der Waals surface area contributed by atoms with Crippen molar-refractivity contribution in [2.75, 3.05) is 25.4 Å². The summed E-state index contributed by atoms with van der Waals surface area (Å²) in [5.74, 6) is 1.66. The number of benzene rings is 2. The Balaban J connectivity index is 1.44. The number of halogens is 1. The molecule has 4 nitrogen and oxygen atoms in total. The number of rotatable bonds is 3. The van der Waals surface area contributed by atoms with E-state index in [9.17, 15) is 0 Å². The summed E-state index contributed by atoms with van der Waals surface area (Å²) < 4.78 is 8.46. The van der Waals surface area contributed by atoms with Gasteiger partial charge in [0.2, 0.25) is 0 Å². The molecule has 3 saturated heterocycles. The van der Waals surface area contributed by atoms with E-state index in [4.69, 9.17) is 10.5 Å². The zero-order valence-corrected chi connectivity index (χ0v) is 16.7. The highest BCUT2D eigenvalue weighted by molar-refractivity contribution is 9.10. The number of aromatic nitrogens is 1. The highest BCUT2D eigenvalue weighted by Crippen LogP contribution is 2.36. The van der Waals surface area contributed by atoms with Crippen LogP contribution >= 0.6 is 27.3 Å². The standard InChI is InChI=1S/C20H20BrN3OS/c21-16-9-14(10-18-19(16)23-20(22)26-18)13-2-1-3-15(8-13)25-17-11-24-6-4-12(17)5-7-24/h1-3,8-10,12,17H,4-7,11H2,(H2,22,23)/t17-/m0/s1. The molecule has 0 spiro atoms. The molecule has 6 heteroatoms. The van der Waals surface area contributed by atoms with Crippen molar-refractivity contribution in [2.24, 2.45) is 5.92 Å². The second kappa shape index (κ2) is 6.51. The average Bonchev–Trinajstić information content (AvgIpc) is 3.04. The van der Waals surface area contributed by atoms with Gasteiger partial charge in [-0.1, -0.05) is 23.5 Å². The van der Waals surface area contributed by atoms with Gasteiger partial charge in [0, 0.05) is 11.0 Å². The number of hydrogen-bond acceptors (Lipinski definition) is 5. The lowest BCUT2D eigenvalue weighted by Gasteiger charge is -2.44. The fourth-order valence-corrected chi connectivity index (χ4v) is 5.62. The number of hydrogen-bond donors (Lipinski definition) is 1.